The number of amides is 1. The first-order valence-corrected chi connectivity index (χ1v) is 9.41. The topological polar surface area (TPSA) is 116 Å². The number of primary sulfonamides is 1. The monoisotopic (exact) mass is 394 g/mol. The van der Waals surface area contributed by atoms with Gasteiger partial charge in [0.05, 0.1) is 10.5 Å². The summed E-state index contributed by atoms with van der Waals surface area (Å²) in [6.07, 6.45) is 0. The zero-order chi connectivity index (χ0) is 20.4. The van der Waals surface area contributed by atoms with Crippen LogP contribution in [0.3, 0.4) is 0 Å². The number of sulfonamides is 1. The molecule has 9 heteroatoms. The number of ether oxygens (including phenoxy) is 1. The number of nitrogens with two attached hydrogens (primary N) is 1. The molecule has 0 saturated carbocycles. The molecule has 2 aromatic rings. The average Bonchev–Trinajstić information content (AvgIpc) is 2.57. The number of nitrogens with one attached hydrogen (secondary N) is 1. The molecule has 2 rings (SSSR count). The van der Waals surface area contributed by atoms with Crippen molar-refractivity contribution < 1.29 is 27.1 Å². The standard InChI is InChI=1S/C18H19FN2O5S/c1-10-4-5-14(8-15(10)19)21-17(22)9-26-18(23)13-6-11(2)12(3)16(7-13)27(20,24)25/h4-8H,9H2,1-3H3,(H,21,22)(H2,20,24,25). The number of esters is 1. The number of hydrogen-bond acceptors (Lipinski definition) is 5. The molecule has 0 radical (unpaired) electrons. The van der Waals surface area contributed by atoms with Crippen LogP contribution in [0, 0.1) is 26.6 Å². The van der Waals surface area contributed by atoms with E-state index in [0.717, 1.165) is 12.1 Å². The second-order valence-electron chi connectivity index (χ2n) is 6.05. The Kier molecular flexibility index (Phi) is 5.97. The third kappa shape index (κ3) is 5.11. The second kappa shape index (κ2) is 7.85. The summed E-state index contributed by atoms with van der Waals surface area (Å²) < 4.78 is 41.6. The molecular formula is C18H19FN2O5S. The Bertz CT molecular complexity index is 1020. The molecule has 0 fully saturated rings. The minimum Gasteiger partial charge on any atom is -0.452 e. The Morgan fingerprint density at radius 2 is 1.78 bits per heavy atom. The van der Waals surface area contributed by atoms with Crippen LogP contribution in [0.2, 0.25) is 0 Å². The lowest BCUT2D eigenvalue weighted by Gasteiger charge is -2.11. The molecule has 0 spiro atoms. The Hall–Kier alpha value is -2.78. The Morgan fingerprint density at radius 1 is 1.11 bits per heavy atom. The molecule has 0 bridgehead atoms. The van der Waals surface area contributed by atoms with Gasteiger partial charge in [-0.05, 0) is 61.7 Å². The van der Waals surface area contributed by atoms with Gasteiger partial charge in [0.2, 0.25) is 10.0 Å². The number of carbonyl (C=O) groups is 2. The SMILES string of the molecule is Cc1ccc(NC(=O)COC(=O)c2cc(C)c(C)c(S(N)(=O)=O)c2)cc1F. The summed E-state index contributed by atoms with van der Waals surface area (Å²) in [5.41, 5.74) is 1.57. The van der Waals surface area contributed by atoms with Crippen LogP contribution in [0.25, 0.3) is 0 Å². The van der Waals surface area contributed by atoms with Crippen molar-refractivity contribution in [2.45, 2.75) is 25.7 Å². The highest BCUT2D eigenvalue weighted by Gasteiger charge is 2.19. The maximum Gasteiger partial charge on any atom is 0.338 e. The van der Waals surface area contributed by atoms with Crippen LogP contribution in [0.15, 0.2) is 35.2 Å². The smallest absolute Gasteiger partial charge is 0.338 e. The van der Waals surface area contributed by atoms with Crippen molar-refractivity contribution in [2.24, 2.45) is 5.14 Å². The normalized spacial score (nSPS) is 11.1. The third-order valence-electron chi connectivity index (χ3n) is 3.95. The number of rotatable bonds is 5. The van der Waals surface area contributed by atoms with Crippen LogP contribution in [0.1, 0.15) is 27.0 Å². The summed E-state index contributed by atoms with van der Waals surface area (Å²) in [6, 6.07) is 6.71. The fourth-order valence-corrected chi connectivity index (χ4v) is 3.20. The molecule has 0 unspecified atom stereocenters. The van der Waals surface area contributed by atoms with E-state index in [9.17, 15) is 22.4 Å². The van der Waals surface area contributed by atoms with Gasteiger partial charge in [0, 0.05) is 5.69 Å². The van der Waals surface area contributed by atoms with Crippen molar-refractivity contribution in [1.82, 2.24) is 0 Å². The first-order valence-electron chi connectivity index (χ1n) is 7.86. The lowest BCUT2D eigenvalue weighted by Crippen LogP contribution is -2.21. The van der Waals surface area contributed by atoms with Crippen LogP contribution < -0.4 is 10.5 Å². The summed E-state index contributed by atoms with van der Waals surface area (Å²) in [5.74, 6) is -2.02. The highest BCUT2D eigenvalue weighted by molar-refractivity contribution is 7.89. The molecule has 144 valence electrons. The predicted octanol–water partition coefficient (Wildman–Crippen LogP) is 2.19. The van der Waals surface area contributed by atoms with E-state index in [1.54, 1.807) is 20.8 Å². The van der Waals surface area contributed by atoms with Gasteiger partial charge in [-0.15, -0.1) is 0 Å². The number of benzene rings is 2. The summed E-state index contributed by atoms with van der Waals surface area (Å²) in [6.45, 7) is 4.16. The maximum absolute atomic E-state index is 13.5. The number of hydrogen-bond donors (Lipinski definition) is 2. The van der Waals surface area contributed by atoms with Gasteiger partial charge in [-0.25, -0.2) is 22.7 Å². The second-order valence-corrected chi connectivity index (χ2v) is 7.58. The van der Waals surface area contributed by atoms with Crippen LogP contribution >= 0.6 is 0 Å². The Labute approximate surface area is 156 Å². The highest BCUT2D eigenvalue weighted by Crippen LogP contribution is 2.20. The van der Waals surface area contributed by atoms with Gasteiger partial charge in [-0.2, -0.15) is 0 Å². The van der Waals surface area contributed by atoms with Crippen molar-refractivity contribution in [3.63, 3.8) is 0 Å². The molecule has 0 aliphatic rings. The molecule has 0 heterocycles. The number of halogens is 1. The van der Waals surface area contributed by atoms with Crippen LogP contribution in [0.4, 0.5) is 10.1 Å². The highest BCUT2D eigenvalue weighted by atomic mass is 32.2. The van der Waals surface area contributed by atoms with Crippen molar-refractivity contribution in [3.8, 4) is 0 Å². The predicted molar refractivity (Wildman–Crippen MR) is 97.3 cm³/mol. The van der Waals surface area contributed by atoms with Crippen LogP contribution in [-0.4, -0.2) is 26.9 Å². The maximum atomic E-state index is 13.5. The molecular weight excluding hydrogens is 375 g/mol. The van der Waals surface area contributed by atoms with Gasteiger partial charge in [0.25, 0.3) is 5.91 Å². The minimum absolute atomic E-state index is 0.0451. The van der Waals surface area contributed by atoms with Gasteiger partial charge in [0.15, 0.2) is 6.61 Å². The molecule has 2 aromatic carbocycles. The molecule has 0 atom stereocenters. The van der Waals surface area contributed by atoms with Gasteiger partial charge in [-0.1, -0.05) is 6.07 Å². The zero-order valence-corrected chi connectivity index (χ0v) is 15.8. The van der Waals surface area contributed by atoms with Crippen molar-refractivity contribution in [3.05, 3.63) is 58.4 Å². The Balaban J connectivity index is 2.08. The number of aryl methyl sites for hydroxylation is 2. The van der Waals surface area contributed by atoms with Gasteiger partial charge < -0.3 is 10.1 Å². The molecule has 0 aliphatic carbocycles. The Morgan fingerprint density at radius 3 is 2.37 bits per heavy atom. The molecule has 0 aliphatic heterocycles. The summed E-state index contributed by atoms with van der Waals surface area (Å²) >= 11 is 0. The third-order valence-corrected chi connectivity index (χ3v) is 4.99. The summed E-state index contributed by atoms with van der Waals surface area (Å²) in [5, 5.41) is 7.55. The molecule has 0 saturated heterocycles. The van der Waals surface area contributed by atoms with Crippen LogP contribution in [0.5, 0.6) is 0 Å². The quantitative estimate of drug-likeness (QED) is 0.754. The minimum atomic E-state index is -4.01. The van der Waals surface area contributed by atoms with E-state index < -0.39 is 34.3 Å². The first kappa shape index (κ1) is 20.5. The largest absolute Gasteiger partial charge is 0.452 e. The summed E-state index contributed by atoms with van der Waals surface area (Å²) in [4.78, 5) is 23.8. The zero-order valence-electron chi connectivity index (χ0n) is 15.0. The fourth-order valence-electron chi connectivity index (χ4n) is 2.32. The van der Waals surface area contributed by atoms with Crippen LogP contribution in [-0.2, 0) is 19.6 Å². The van der Waals surface area contributed by atoms with Crippen molar-refractivity contribution in [2.75, 3.05) is 11.9 Å². The van der Waals surface area contributed by atoms with E-state index in [-0.39, 0.29) is 16.1 Å². The van der Waals surface area contributed by atoms with Gasteiger partial charge in [0.1, 0.15) is 5.82 Å². The van der Waals surface area contributed by atoms with E-state index in [1.807, 2.05) is 0 Å². The van der Waals surface area contributed by atoms with E-state index in [4.69, 9.17) is 9.88 Å². The average molecular weight is 394 g/mol. The summed E-state index contributed by atoms with van der Waals surface area (Å²) in [7, 11) is -4.01. The number of carbonyl (C=O) groups excluding carboxylic acids is 2. The molecule has 27 heavy (non-hydrogen) atoms. The fraction of sp³-hybridized carbons (Fsp3) is 0.222. The lowest BCUT2D eigenvalue weighted by atomic mass is 10.1. The lowest BCUT2D eigenvalue weighted by molar-refractivity contribution is -0.119. The molecule has 0 aromatic heterocycles. The van der Waals surface area contributed by atoms with Gasteiger partial charge in [-0.3, -0.25) is 4.79 Å². The number of anilines is 1. The van der Waals surface area contributed by atoms with E-state index >= 15 is 0 Å². The van der Waals surface area contributed by atoms with Crippen molar-refractivity contribution >= 4 is 27.6 Å². The van der Waals surface area contributed by atoms with E-state index in [0.29, 0.717) is 16.7 Å². The van der Waals surface area contributed by atoms with E-state index in [1.165, 1.54) is 18.2 Å². The first-order chi connectivity index (χ1) is 12.5. The molecule has 7 nitrogen and oxygen atoms in total. The van der Waals surface area contributed by atoms with Crippen molar-refractivity contribution in [1.29, 1.82) is 0 Å². The van der Waals surface area contributed by atoms with Gasteiger partial charge >= 0.3 is 5.97 Å². The molecule has 3 N–H and O–H groups in total. The molecule has 1 amide bonds. The van der Waals surface area contributed by atoms with E-state index in [2.05, 4.69) is 5.32 Å².